The first kappa shape index (κ1) is 16.2. The topological polar surface area (TPSA) is 29.5 Å². The number of methoxy groups -OCH3 is 1. The van der Waals surface area contributed by atoms with E-state index in [2.05, 4.69) is 31.7 Å². The van der Waals surface area contributed by atoms with E-state index in [1.54, 1.807) is 12.7 Å². The van der Waals surface area contributed by atoms with E-state index in [1.807, 2.05) is 6.92 Å². The Morgan fingerprint density at radius 1 is 1.25 bits per heavy atom. The molecular formula is C22H30O2. The molecular weight excluding hydrogens is 296 g/mol. The Morgan fingerprint density at radius 3 is 2.75 bits per heavy atom. The van der Waals surface area contributed by atoms with Crippen LogP contribution in [0.5, 0.6) is 5.75 Å². The summed E-state index contributed by atoms with van der Waals surface area (Å²) < 4.78 is 5.41. The highest BCUT2D eigenvalue weighted by Gasteiger charge is 2.61. The third-order valence-electron chi connectivity index (χ3n) is 7.79. The largest absolute Gasteiger partial charge is 0.497 e. The van der Waals surface area contributed by atoms with Gasteiger partial charge in [0, 0.05) is 5.41 Å². The molecule has 0 saturated heterocycles. The standard InChI is InChI=1S/C22H30O2/c1-14(2)22(23)12-10-20-19-7-5-15-13-16(24-4)6-8-17(15)18(19)9-11-21(20,22)3/h6,8,13,18-20,23H,1,5,7,9-12H2,2-4H3. The monoisotopic (exact) mass is 326 g/mol. The van der Waals surface area contributed by atoms with Crippen LogP contribution in [-0.4, -0.2) is 17.8 Å². The number of hydrogen-bond acceptors (Lipinski definition) is 2. The molecule has 0 heterocycles. The summed E-state index contributed by atoms with van der Waals surface area (Å²) in [5.74, 6) is 2.96. The zero-order chi connectivity index (χ0) is 17.1. The molecule has 2 nitrogen and oxygen atoms in total. The molecule has 24 heavy (non-hydrogen) atoms. The molecule has 0 aliphatic heterocycles. The third kappa shape index (κ3) is 1.98. The number of aliphatic hydroxyl groups is 1. The van der Waals surface area contributed by atoms with Crippen LogP contribution >= 0.6 is 0 Å². The molecule has 130 valence electrons. The van der Waals surface area contributed by atoms with Gasteiger partial charge in [-0.3, -0.25) is 0 Å². The van der Waals surface area contributed by atoms with Crippen molar-refractivity contribution in [2.45, 2.75) is 63.9 Å². The maximum Gasteiger partial charge on any atom is 0.119 e. The van der Waals surface area contributed by atoms with Gasteiger partial charge in [-0.2, -0.15) is 0 Å². The number of fused-ring (bicyclic) bond motifs is 5. The van der Waals surface area contributed by atoms with Crippen molar-refractivity contribution in [2.24, 2.45) is 17.3 Å². The lowest BCUT2D eigenvalue weighted by Gasteiger charge is -2.53. The van der Waals surface area contributed by atoms with E-state index >= 15 is 0 Å². The van der Waals surface area contributed by atoms with Crippen molar-refractivity contribution in [3.8, 4) is 5.75 Å². The second-order valence-corrected chi connectivity index (χ2v) is 8.62. The maximum atomic E-state index is 11.4. The van der Waals surface area contributed by atoms with Crippen LogP contribution in [0.1, 0.15) is 63.0 Å². The Labute approximate surface area is 145 Å². The van der Waals surface area contributed by atoms with Crippen molar-refractivity contribution in [3.63, 3.8) is 0 Å². The minimum absolute atomic E-state index is 0.00394. The van der Waals surface area contributed by atoms with Crippen molar-refractivity contribution in [2.75, 3.05) is 7.11 Å². The Balaban J connectivity index is 1.69. The van der Waals surface area contributed by atoms with Gasteiger partial charge in [0.1, 0.15) is 5.75 Å². The van der Waals surface area contributed by atoms with Gasteiger partial charge >= 0.3 is 0 Å². The van der Waals surface area contributed by atoms with Crippen molar-refractivity contribution >= 4 is 0 Å². The van der Waals surface area contributed by atoms with Crippen molar-refractivity contribution < 1.29 is 9.84 Å². The van der Waals surface area contributed by atoms with Gasteiger partial charge in [-0.1, -0.05) is 19.6 Å². The smallest absolute Gasteiger partial charge is 0.119 e. The normalized spacial score (nSPS) is 40.4. The fourth-order valence-electron chi connectivity index (χ4n) is 6.40. The fraction of sp³-hybridized carbons (Fsp3) is 0.636. The van der Waals surface area contributed by atoms with Crippen molar-refractivity contribution in [3.05, 3.63) is 41.5 Å². The molecule has 2 heteroatoms. The van der Waals surface area contributed by atoms with Gasteiger partial charge in [0.05, 0.1) is 12.7 Å². The highest BCUT2D eigenvalue weighted by atomic mass is 16.5. The van der Waals surface area contributed by atoms with E-state index in [9.17, 15) is 5.11 Å². The lowest BCUT2D eigenvalue weighted by atomic mass is 9.52. The molecule has 1 N–H and O–H groups in total. The van der Waals surface area contributed by atoms with Crippen molar-refractivity contribution in [1.82, 2.24) is 0 Å². The molecule has 5 unspecified atom stereocenters. The number of hydrogen-bond donors (Lipinski definition) is 1. The first-order chi connectivity index (χ1) is 11.4. The predicted octanol–water partition coefficient (Wildman–Crippen LogP) is 4.86. The van der Waals surface area contributed by atoms with Crippen LogP contribution in [0.15, 0.2) is 30.4 Å². The zero-order valence-corrected chi connectivity index (χ0v) is 15.3. The van der Waals surface area contributed by atoms with E-state index in [0.29, 0.717) is 17.8 Å². The zero-order valence-electron chi connectivity index (χ0n) is 15.3. The summed E-state index contributed by atoms with van der Waals surface area (Å²) in [4.78, 5) is 0. The van der Waals surface area contributed by atoms with Crippen LogP contribution < -0.4 is 4.74 Å². The van der Waals surface area contributed by atoms with Crippen LogP contribution in [-0.2, 0) is 6.42 Å². The van der Waals surface area contributed by atoms with E-state index in [-0.39, 0.29) is 5.41 Å². The van der Waals surface area contributed by atoms with Gasteiger partial charge in [0.15, 0.2) is 0 Å². The molecule has 0 bridgehead atoms. The van der Waals surface area contributed by atoms with Crippen LogP contribution in [0, 0.1) is 17.3 Å². The molecule has 2 fully saturated rings. The summed E-state index contributed by atoms with van der Waals surface area (Å²) >= 11 is 0. The van der Waals surface area contributed by atoms with Crippen LogP contribution in [0.2, 0.25) is 0 Å². The molecule has 2 saturated carbocycles. The average molecular weight is 326 g/mol. The van der Waals surface area contributed by atoms with Gasteiger partial charge in [-0.05, 0) is 92.0 Å². The third-order valence-corrected chi connectivity index (χ3v) is 7.79. The van der Waals surface area contributed by atoms with E-state index in [4.69, 9.17) is 4.74 Å². The number of aryl methyl sites for hydroxylation is 1. The van der Waals surface area contributed by atoms with Crippen LogP contribution in [0.3, 0.4) is 0 Å². The van der Waals surface area contributed by atoms with Gasteiger partial charge in [-0.15, -0.1) is 0 Å². The Kier molecular flexibility index (Phi) is 3.62. The van der Waals surface area contributed by atoms with Crippen LogP contribution in [0.4, 0.5) is 0 Å². The van der Waals surface area contributed by atoms with Crippen molar-refractivity contribution in [1.29, 1.82) is 0 Å². The molecule has 0 spiro atoms. The van der Waals surface area contributed by atoms with Gasteiger partial charge < -0.3 is 9.84 Å². The summed E-state index contributed by atoms with van der Waals surface area (Å²) in [6, 6.07) is 6.65. The molecule has 1 aromatic carbocycles. The minimum atomic E-state index is -0.664. The summed E-state index contributed by atoms with van der Waals surface area (Å²) in [7, 11) is 1.75. The molecule has 5 atom stereocenters. The Hall–Kier alpha value is -1.28. The summed E-state index contributed by atoms with van der Waals surface area (Å²) in [5, 5.41) is 11.4. The summed E-state index contributed by atoms with van der Waals surface area (Å²) in [6.07, 6.45) is 6.72. The van der Waals surface area contributed by atoms with Gasteiger partial charge in [0.25, 0.3) is 0 Å². The molecule has 0 amide bonds. The SMILES string of the molecule is C=C(C)C1(O)CCC2C3CCc4cc(OC)ccc4C3CCC21C. The maximum absolute atomic E-state index is 11.4. The van der Waals surface area contributed by atoms with Gasteiger partial charge in [-0.25, -0.2) is 0 Å². The van der Waals surface area contributed by atoms with Crippen LogP contribution in [0.25, 0.3) is 0 Å². The Morgan fingerprint density at radius 2 is 2.04 bits per heavy atom. The molecule has 3 aliphatic carbocycles. The summed E-state index contributed by atoms with van der Waals surface area (Å²) in [5.41, 5.74) is 3.33. The first-order valence-corrected chi connectivity index (χ1v) is 9.46. The second kappa shape index (κ2) is 5.36. The minimum Gasteiger partial charge on any atom is -0.497 e. The van der Waals surface area contributed by atoms with E-state index in [1.165, 1.54) is 18.4 Å². The van der Waals surface area contributed by atoms with E-state index < -0.39 is 5.60 Å². The van der Waals surface area contributed by atoms with Gasteiger partial charge in [0.2, 0.25) is 0 Å². The number of ether oxygens (including phenoxy) is 1. The molecule has 1 aromatic rings. The Bertz CT molecular complexity index is 679. The highest BCUT2D eigenvalue weighted by Crippen LogP contribution is 2.65. The molecule has 0 aromatic heterocycles. The fourth-order valence-corrected chi connectivity index (χ4v) is 6.40. The summed E-state index contributed by atoms with van der Waals surface area (Å²) in [6.45, 7) is 8.49. The average Bonchev–Trinajstić information content (AvgIpc) is 2.87. The second-order valence-electron chi connectivity index (χ2n) is 8.62. The molecule has 4 rings (SSSR count). The predicted molar refractivity (Wildman–Crippen MR) is 97.4 cm³/mol. The highest BCUT2D eigenvalue weighted by molar-refractivity contribution is 5.41. The lowest BCUT2D eigenvalue weighted by molar-refractivity contribution is -0.0779. The quantitative estimate of drug-likeness (QED) is 0.787. The lowest BCUT2D eigenvalue weighted by Crippen LogP contribution is -2.51. The first-order valence-electron chi connectivity index (χ1n) is 9.46. The molecule has 3 aliphatic rings. The van der Waals surface area contributed by atoms with E-state index in [0.717, 1.165) is 37.0 Å². The number of benzene rings is 1. The molecule has 0 radical (unpaired) electrons. The number of rotatable bonds is 2.